The molecule has 2 N–H and O–H groups in total. The maximum Gasteiger partial charge on any atom is 0.346 e. The molecule has 0 fully saturated rings. The summed E-state index contributed by atoms with van der Waals surface area (Å²) in [6.45, 7) is 1.82. The fourth-order valence-corrected chi connectivity index (χ4v) is 3.46. The predicted octanol–water partition coefficient (Wildman–Crippen LogP) is 2.29. The van der Waals surface area contributed by atoms with Gasteiger partial charge in [-0.25, -0.2) is 13.9 Å². The van der Waals surface area contributed by atoms with Gasteiger partial charge in [-0.2, -0.15) is 19.0 Å². The van der Waals surface area contributed by atoms with E-state index in [1.54, 1.807) is 10.9 Å². The van der Waals surface area contributed by atoms with Gasteiger partial charge in [-0.15, -0.1) is 11.3 Å². The molecule has 0 radical (unpaired) electrons. The Balaban J connectivity index is 1.82. The largest absolute Gasteiger partial charge is 0.346 e. The van der Waals surface area contributed by atoms with Gasteiger partial charge in [0.2, 0.25) is 0 Å². The Morgan fingerprint density at radius 2 is 2.11 bits per heavy atom. The molecule has 27 heavy (non-hydrogen) atoms. The number of hydrogen-bond donors (Lipinski definition) is 1. The number of nitrogens with zero attached hydrogens (tertiary/aromatic N) is 5. The number of thiophene rings is 1. The Morgan fingerprint density at radius 3 is 2.74 bits per heavy atom. The molecule has 11 heteroatoms. The molecule has 0 aromatic carbocycles. The summed E-state index contributed by atoms with van der Waals surface area (Å²) in [7, 11) is 0. The van der Waals surface area contributed by atoms with Crippen LogP contribution in [0, 0.1) is 5.82 Å². The molecule has 7 nitrogen and oxygen atoms in total. The fraction of sp³-hybridized carbons (Fsp3) is 0.312. The van der Waals surface area contributed by atoms with E-state index in [0.29, 0.717) is 16.3 Å². The van der Waals surface area contributed by atoms with Crippen molar-refractivity contribution >= 4 is 11.3 Å². The molecule has 144 valence electrons. The number of halogens is 3. The maximum atomic E-state index is 14.3. The summed E-state index contributed by atoms with van der Waals surface area (Å²) < 4.78 is 43.5. The lowest BCUT2D eigenvalue weighted by Gasteiger charge is -2.02. The van der Waals surface area contributed by atoms with Gasteiger partial charge in [0, 0.05) is 35.3 Å². The smallest absolute Gasteiger partial charge is 0.327 e. The van der Waals surface area contributed by atoms with Crippen LogP contribution in [-0.4, -0.2) is 30.7 Å². The van der Waals surface area contributed by atoms with Crippen molar-refractivity contribution in [1.29, 1.82) is 0 Å². The van der Waals surface area contributed by atoms with Gasteiger partial charge in [-0.3, -0.25) is 9.25 Å². The molecule has 0 aliphatic heterocycles. The molecule has 0 aliphatic rings. The first-order valence-electron chi connectivity index (χ1n) is 8.09. The molecule has 0 amide bonds. The zero-order chi connectivity index (χ0) is 19.6. The summed E-state index contributed by atoms with van der Waals surface area (Å²) in [5.74, 6) is -0.448. The van der Waals surface area contributed by atoms with Gasteiger partial charge in [0.15, 0.2) is 0 Å². The minimum Gasteiger partial charge on any atom is -0.327 e. The predicted molar refractivity (Wildman–Crippen MR) is 95.1 cm³/mol. The normalized spacial score (nSPS) is 11.1. The first-order chi connectivity index (χ1) is 12.9. The van der Waals surface area contributed by atoms with Crippen LogP contribution in [0.2, 0.25) is 0 Å². The van der Waals surface area contributed by atoms with Gasteiger partial charge in [0.1, 0.15) is 12.1 Å². The van der Waals surface area contributed by atoms with Crippen molar-refractivity contribution in [3.63, 3.8) is 0 Å². The highest BCUT2D eigenvalue weighted by Gasteiger charge is 2.15. The fourth-order valence-electron chi connectivity index (χ4n) is 2.45. The Morgan fingerprint density at radius 1 is 1.33 bits per heavy atom. The Kier molecular flexibility index (Phi) is 5.61. The molecule has 3 heterocycles. The van der Waals surface area contributed by atoms with Crippen molar-refractivity contribution in [2.45, 2.75) is 26.6 Å². The third-order valence-electron chi connectivity index (χ3n) is 3.96. The monoisotopic (exact) mass is 398 g/mol. The minimum atomic E-state index is -1.93. The van der Waals surface area contributed by atoms with E-state index < -0.39 is 24.1 Å². The van der Waals surface area contributed by atoms with Gasteiger partial charge in [-0.05, 0) is 13.0 Å². The van der Waals surface area contributed by atoms with Crippen LogP contribution >= 0.6 is 11.3 Å². The molecule has 0 atom stereocenters. The van der Waals surface area contributed by atoms with E-state index >= 15 is 0 Å². The van der Waals surface area contributed by atoms with E-state index in [1.807, 2.05) is 13.1 Å². The topological polar surface area (TPSA) is 83.7 Å². The van der Waals surface area contributed by atoms with E-state index in [0.717, 1.165) is 10.2 Å². The lowest BCUT2D eigenvalue weighted by atomic mass is 10.3. The van der Waals surface area contributed by atoms with Crippen molar-refractivity contribution in [2.75, 3.05) is 6.54 Å². The van der Waals surface area contributed by atoms with Crippen LogP contribution in [0.3, 0.4) is 0 Å². The number of hydrogen-bond acceptors (Lipinski definition) is 5. The van der Waals surface area contributed by atoms with Crippen LogP contribution in [0.15, 0.2) is 41.2 Å². The molecule has 3 aromatic rings. The van der Waals surface area contributed by atoms with Gasteiger partial charge < -0.3 is 5.73 Å². The first-order valence-corrected chi connectivity index (χ1v) is 8.91. The number of aryl methyl sites for hydroxylation is 1. The van der Waals surface area contributed by atoms with Crippen LogP contribution < -0.4 is 11.4 Å². The average molecular weight is 398 g/mol. The second-order valence-corrected chi connectivity index (χ2v) is 6.87. The summed E-state index contributed by atoms with van der Waals surface area (Å²) in [6, 6.07) is 1.39. The van der Waals surface area contributed by atoms with Gasteiger partial charge in [0.05, 0.1) is 24.2 Å². The number of aromatic nitrogens is 5. The van der Waals surface area contributed by atoms with Gasteiger partial charge in [0.25, 0.3) is 6.08 Å². The highest BCUT2D eigenvalue weighted by molar-refractivity contribution is 7.15. The van der Waals surface area contributed by atoms with Gasteiger partial charge in [-0.1, -0.05) is 0 Å². The molecule has 0 aliphatic carbocycles. The van der Waals surface area contributed by atoms with E-state index in [1.165, 1.54) is 28.3 Å². The molecule has 0 spiro atoms. The molecule has 0 saturated heterocycles. The zero-order valence-electron chi connectivity index (χ0n) is 14.4. The van der Waals surface area contributed by atoms with Gasteiger partial charge >= 0.3 is 5.69 Å². The SMILES string of the molecule is CCn1cc(-c2cc(F)c(Cn3cnn(CC(CN)=C(F)F)c3=O)s2)cn1. The number of rotatable bonds is 7. The Hall–Kier alpha value is -2.66. The van der Waals surface area contributed by atoms with Crippen molar-refractivity contribution in [1.82, 2.24) is 24.1 Å². The molecular formula is C16H17F3N6OS. The molecule has 0 saturated carbocycles. The lowest BCUT2D eigenvalue weighted by Crippen LogP contribution is -2.27. The lowest BCUT2D eigenvalue weighted by molar-refractivity contribution is 0.400. The third kappa shape index (κ3) is 4.03. The molecule has 0 unspecified atom stereocenters. The Bertz CT molecular complexity index is 1030. The van der Waals surface area contributed by atoms with E-state index in [9.17, 15) is 18.0 Å². The molecular weight excluding hydrogens is 381 g/mol. The second-order valence-electron chi connectivity index (χ2n) is 5.73. The molecule has 0 bridgehead atoms. The summed E-state index contributed by atoms with van der Waals surface area (Å²) in [5, 5.41) is 7.96. The minimum absolute atomic E-state index is 0.0446. The third-order valence-corrected chi connectivity index (χ3v) is 5.11. The van der Waals surface area contributed by atoms with Crippen LogP contribution in [0.5, 0.6) is 0 Å². The highest BCUT2D eigenvalue weighted by Crippen LogP contribution is 2.30. The molecule has 3 rings (SSSR count). The van der Waals surface area contributed by atoms with Crippen molar-refractivity contribution in [3.8, 4) is 10.4 Å². The van der Waals surface area contributed by atoms with E-state index in [-0.39, 0.29) is 18.7 Å². The molecule has 3 aromatic heterocycles. The quantitative estimate of drug-likeness (QED) is 0.662. The van der Waals surface area contributed by atoms with Crippen molar-refractivity contribution in [3.05, 3.63) is 57.6 Å². The highest BCUT2D eigenvalue weighted by atomic mass is 32.1. The van der Waals surface area contributed by atoms with Crippen LogP contribution in [0.25, 0.3) is 10.4 Å². The van der Waals surface area contributed by atoms with E-state index in [2.05, 4.69) is 10.2 Å². The van der Waals surface area contributed by atoms with E-state index in [4.69, 9.17) is 5.73 Å². The van der Waals surface area contributed by atoms with Crippen LogP contribution in [0.1, 0.15) is 11.8 Å². The summed E-state index contributed by atoms with van der Waals surface area (Å²) in [4.78, 5) is 13.3. The standard InChI is InChI=1S/C16H17F3N6OS/c1-2-24-6-11(5-21-24)13-3-12(17)14(27-13)8-23-9-22-25(16(23)26)7-10(4-20)15(18)19/h3,5-6,9H,2,4,7-8,20H2,1H3. The maximum absolute atomic E-state index is 14.3. The summed E-state index contributed by atoms with van der Waals surface area (Å²) >= 11 is 1.20. The average Bonchev–Trinajstić information content (AvgIpc) is 3.34. The van der Waals surface area contributed by atoms with Crippen molar-refractivity contribution < 1.29 is 13.2 Å². The zero-order valence-corrected chi connectivity index (χ0v) is 15.2. The summed E-state index contributed by atoms with van der Waals surface area (Å²) in [6.07, 6.45) is 2.72. The van der Waals surface area contributed by atoms with Crippen LogP contribution in [0.4, 0.5) is 13.2 Å². The second kappa shape index (κ2) is 7.92. The summed E-state index contributed by atoms with van der Waals surface area (Å²) in [5.41, 5.74) is 5.04. The Labute approximate surface area is 156 Å². The first kappa shape index (κ1) is 19.1. The van der Waals surface area contributed by atoms with Crippen molar-refractivity contribution in [2.24, 2.45) is 5.73 Å². The number of nitrogens with two attached hydrogens (primary N) is 1. The van der Waals surface area contributed by atoms with Crippen LogP contribution in [-0.2, 0) is 19.6 Å².